The lowest BCUT2D eigenvalue weighted by Gasteiger charge is -2.17. The van der Waals surface area contributed by atoms with Crippen molar-refractivity contribution < 1.29 is 14.5 Å². The number of nitrogens with one attached hydrogen (secondary N) is 2. The molecule has 3 aromatic rings. The molecule has 0 unspecified atom stereocenters. The monoisotopic (exact) mass is 419 g/mol. The summed E-state index contributed by atoms with van der Waals surface area (Å²) in [5.74, 6) is 1.82. The van der Waals surface area contributed by atoms with Crippen LogP contribution in [-0.2, 0) is 11.2 Å². The SMILES string of the molecule is Cc1cc(NCCOc2ccc3c(c2)CCC(=O)N3)nc(-c2cccc([N+](=O)[O-])c2)n1. The first-order chi connectivity index (χ1) is 15.0. The van der Waals surface area contributed by atoms with Gasteiger partial charge in [-0.1, -0.05) is 12.1 Å². The molecule has 1 amide bonds. The summed E-state index contributed by atoms with van der Waals surface area (Å²) in [6.07, 6.45) is 1.19. The molecule has 2 N–H and O–H groups in total. The van der Waals surface area contributed by atoms with Crippen LogP contribution in [0.3, 0.4) is 0 Å². The number of carbonyl (C=O) groups excluding carboxylic acids is 1. The average molecular weight is 419 g/mol. The predicted octanol–water partition coefficient (Wildman–Crippen LogP) is 3.74. The molecule has 0 atom stereocenters. The summed E-state index contributed by atoms with van der Waals surface area (Å²) in [4.78, 5) is 30.9. The minimum Gasteiger partial charge on any atom is -0.492 e. The molecule has 1 aliphatic rings. The second-order valence-corrected chi connectivity index (χ2v) is 7.17. The van der Waals surface area contributed by atoms with Gasteiger partial charge in [-0.05, 0) is 37.1 Å². The molecular formula is C22H21N5O4. The fourth-order valence-corrected chi connectivity index (χ4v) is 3.34. The minimum atomic E-state index is -0.440. The Morgan fingerprint density at radius 1 is 1.16 bits per heavy atom. The van der Waals surface area contributed by atoms with Gasteiger partial charge in [0.2, 0.25) is 5.91 Å². The summed E-state index contributed by atoms with van der Waals surface area (Å²) < 4.78 is 5.81. The van der Waals surface area contributed by atoms with Crippen LogP contribution in [0.25, 0.3) is 11.4 Å². The number of ether oxygens (including phenoxy) is 1. The predicted molar refractivity (Wildman–Crippen MR) is 116 cm³/mol. The zero-order valence-electron chi connectivity index (χ0n) is 16.9. The van der Waals surface area contributed by atoms with Crippen molar-refractivity contribution in [2.75, 3.05) is 23.8 Å². The molecule has 0 spiro atoms. The van der Waals surface area contributed by atoms with E-state index in [9.17, 15) is 14.9 Å². The van der Waals surface area contributed by atoms with E-state index in [1.165, 1.54) is 12.1 Å². The third-order valence-electron chi connectivity index (χ3n) is 4.82. The normalized spacial score (nSPS) is 12.6. The molecule has 1 aromatic heterocycles. The molecule has 2 heterocycles. The van der Waals surface area contributed by atoms with Crippen LogP contribution in [0.5, 0.6) is 5.75 Å². The van der Waals surface area contributed by atoms with Gasteiger partial charge in [-0.25, -0.2) is 9.97 Å². The van der Waals surface area contributed by atoms with Crippen LogP contribution in [0.15, 0.2) is 48.5 Å². The molecule has 1 aliphatic heterocycles. The highest BCUT2D eigenvalue weighted by Crippen LogP contribution is 2.27. The molecule has 0 saturated carbocycles. The summed E-state index contributed by atoms with van der Waals surface area (Å²) in [6.45, 7) is 2.77. The van der Waals surface area contributed by atoms with Gasteiger partial charge in [0.25, 0.3) is 5.69 Å². The van der Waals surface area contributed by atoms with E-state index >= 15 is 0 Å². The Kier molecular flexibility index (Phi) is 5.74. The van der Waals surface area contributed by atoms with Crippen molar-refractivity contribution in [3.63, 3.8) is 0 Å². The lowest BCUT2D eigenvalue weighted by Crippen LogP contribution is -2.19. The van der Waals surface area contributed by atoms with E-state index in [0.717, 1.165) is 22.7 Å². The number of hydrogen-bond acceptors (Lipinski definition) is 7. The number of carbonyl (C=O) groups is 1. The Bertz CT molecular complexity index is 1150. The topological polar surface area (TPSA) is 119 Å². The van der Waals surface area contributed by atoms with Gasteiger partial charge in [0.15, 0.2) is 5.82 Å². The summed E-state index contributed by atoms with van der Waals surface area (Å²) in [5.41, 5.74) is 3.23. The first kappa shape index (κ1) is 20.3. The lowest BCUT2D eigenvalue weighted by molar-refractivity contribution is -0.384. The van der Waals surface area contributed by atoms with Gasteiger partial charge in [-0.15, -0.1) is 0 Å². The smallest absolute Gasteiger partial charge is 0.270 e. The number of rotatable bonds is 7. The number of hydrogen-bond donors (Lipinski definition) is 2. The number of nitrogens with zero attached hydrogens (tertiary/aromatic N) is 3. The van der Waals surface area contributed by atoms with Gasteiger partial charge >= 0.3 is 0 Å². The van der Waals surface area contributed by atoms with E-state index in [1.807, 2.05) is 31.2 Å². The Hall–Kier alpha value is -4.01. The van der Waals surface area contributed by atoms with Gasteiger partial charge in [0.05, 0.1) is 11.5 Å². The molecule has 0 fully saturated rings. The Balaban J connectivity index is 1.38. The maximum atomic E-state index is 11.5. The molecule has 0 radical (unpaired) electrons. The van der Waals surface area contributed by atoms with Crippen molar-refractivity contribution in [1.29, 1.82) is 0 Å². The summed E-state index contributed by atoms with van der Waals surface area (Å²) in [5, 5.41) is 17.1. The molecular weight excluding hydrogens is 398 g/mol. The molecule has 158 valence electrons. The van der Waals surface area contributed by atoms with Gasteiger partial charge in [-0.3, -0.25) is 14.9 Å². The fourth-order valence-electron chi connectivity index (χ4n) is 3.34. The van der Waals surface area contributed by atoms with Crippen molar-refractivity contribution in [1.82, 2.24) is 9.97 Å². The Morgan fingerprint density at radius 3 is 2.87 bits per heavy atom. The van der Waals surface area contributed by atoms with E-state index in [4.69, 9.17) is 4.74 Å². The fraction of sp³-hybridized carbons (Fsp3) is 0.227. The third kappa shape index (κ3) is 4.95. The van der Waals surface area contributed by atoms with Gasteiger partial charge in [0.1, 0.15) is 18.2 Å². The van der Waals surface area contributed by atoms with Crippen molar-refractivity contribution in [3.8, 4) is 17.1 Å². The zero-order valence-corrected chi connectivity index (χ0v) is 16.9. The number of anilines is 2. The molecule has 4 rings (SSSR count). The van der Waals surface area contributed by atoms with Gasteiger partial charge in [0, 0.05) is 41.6 Å². The zero-order chi connectivity index (χ0) is 21.8. The number of aromatic nitrogens is 2. The quantitative estimate of drug-likeness (QED) is 0.340. The molecule has 2 aromatic carbocycles. The minimum absolute atomic E-state index is 0.00451. The van der Waals surface area contributed by atoms with Crippen molar-refractivity contribution in [3.05, 3.63) is 69.9 Å². The van der Waals surface area contributed by atoms with Crippen LogP contribution in [-0.4, -0.2) is 34.0 Å². The molecule has 9 nitrogen and oxygen atoms in total. The van der Waals surface area contributed by atoms with Crippen LogP contribution in [0.2, 0.25) is 0 Å². The Morgan fingerprint density at radius 2 is 2.03 bits per heavy atom. The molecule has 0 saturated heterocycles. The van der Waals surface area contributed by atoms with Gasteiger partial charge in [-0.2, -0.15) is 0 Å². The standard InChI is InChI=1S/C22H21N5O4/c1-14-11-20(26-22(24-14)16-3-2-4-17(12-16)27(29)30)23-9-10-31-18-6-7-19-15(13-18)5-8-21(28)25-19/h2-4,6-7,11-13H,5,8-10H2,1H3,(H,25,28)(H,23,24,26). The first-order valence-electron chi connectivity index (χ1n) is 9.88. The lowest BCUT2D eigenvalue weighted by atomic mass is 10.0. The molecule has 9 heteroatoms. The van der Waals surface area contributed by atoms with Crippen molar-refractivity contribution in [2.24, 2.45) is 0 Å². The molecule has 0 aliphatic carbocycles. The van der Waals surface area contributed by atoms with Crippen LogP contribution in [0.4, 0.5) is 17.2 Å². The maximum absolute atomic E-state index is 11.5. The third-order valence-corrected chi connectivity index (χ3v) is 4.82. The summed E-state index contributed by atoms with van der Waals surface area (Å²) >= 11 is 0. The van der Waals surface area contributed by atoms with E-state index in [-0.39, 0.29) is 11.6 Å². The highest BCUT2D eigenvalue weighted by molar-refractivity contribution is 5.94. The van der Waals surface area contributed by atoms with E-state index in [0.29, 0.717) is 43.2 Å². The van der Waals surface area contributed by atoms with Crippen LogP contribution >= 0.6 is 0 Å². The van der Waals surface area contributed by atoms with Crippen LogP contribution < -0.4 is 15.4 Å². The maximum Gasteiger partial charge on any atom is 0.270 e. The number of aryl methyl sites for hydroxylation is 2. The number of amides is 1. The number of non-ortho nitro benzene ring substituents is 1. The second kappa shape index (κ2) is 8.78. The largest absolute Gasteiger partial charge is 0.492 e. The van der Waals surface area contributed by atoms with Crippen molar-refractivity contribution >= 4 is 23.1 Å². The molecule has 0 bridgehead atoms. The second-order valence-electron chi connectivity index (χ2n) is 7.17. The van der Waals surface area contributed by atoms with Crippen LogP contribution in [0.1, 0.15) is 17.7 Å². The summed E-state index contributed by atoms with van der Waals surface area (Å²) in [7, 11) is 0. The number of nitro benzene ring substituents is 1. The average Bonchev–Trinajstić information content (AvgIpc) is 2.76. The number of benzene rings is 2. The van der Waals surface area contributed by atoms with E-state index in [1.54, 1.807) is 12.1 Å². The van der Waals surface area contributed by atoms with E-state index < -0.39 is 4.92 Å². The van der Waals surface area contributed by atoms with Crippen molar-refractivity contribution in [2.45, 2.75) is 19.8 Å². The van der Waals surface area contributed by atoms with Gasteiger partial charge < -0.3 is 15.4 Å². The number of fused-ring (bicyclic) bond motifs is 1. The number of nitro groups is 1. The highest BCUT2D eigenvalue weighted by Gasteiger charge is 2.15. The summed E-state index contributed by atoms with van der Waals surface area (Å²) in [6, 6.07) is 13.7. The molecule has 31 heavy (non-hydrogen) atoms. The Labute approximate surface area is 178 Å². The highest BCUT2D eigenvalue weighted by atomic mass is 16.6. The first-order valence-corrected chi connectivity index (χ1v) is 9.88. The van der Waals surface area contributed by atoms with E-state index in [2.05, 4.69) is 20.6 Å². The van der Waals surface area contributed by atoms with Crippen LogP contribution in [0, 0.1) is 17.0 Å².